The SMILES string of the molecule is CNC(CN1CC2CCCC2C1)c1cc(C)cc(C)c1. The van der Waals surface area contributed by atoms with Gasteiger partial charge in [-0.2, -0.15) is 0 Å². The second kappa shape index (κ2) is 5.87. The molecule has 2 nitrogen and oxygen atoms in total. The van der Waals surface area contributed by atoms with Crippen molar-refractivity contribution < 1.29 is 0 Å². The number of nitrogens with one attached hydrogen (secondary N) is 1. The van der Waals surface area contributed by atoms with E-state index in [-0.39, 0.29) is 0 Å². The highest BCUT2D eigenvalue weighted by Gasteiger charge is 2.36. The van der Waals surface area contributed by atoms with Crippen LogP contribution in [0.25, 0.3) is 0 Å². The third kappa shape index (κ3) is 2.91. The number of likely N-dealkylation sites (N-methyl/N-ethyl adjacent to an activating group) is 1. The number of rotatable bonds is 4. The molecule has 3 unspecified atom stereocenters. The van der Waals surface area contributed by atoms with E-state index < -0.39 is 0 Å². The summed E-state index contributed by atoms with van der Waals surface area (Å²) in [5.74, 6) is 1.98. The minimum Gasteiger partial charge on any atom is -0.312 e. The van der Waals surface area contributed by atoms with Gasteiger partial charge in [0.25, 0.3) is 0 Å². The van der Waals surface area contributed by atoms with Gasteiger partial charge >= 0.3 is 0 Å². The molecule has 1 aromatic carbocycles. The lowest BCUT2D eigenvalue weighted by atomic mass is 10.0. The first-order chi connectivity index (χ1) is 9.65. The number of hydrogen-bond donors (Lipinski definition) is 1. The molecule has 2 fully saturated rings. The molecule has 2 heteroatoms. The smallest absolute Gasteiger partial charge is 0.0447 e. The lowest BCUT2D eigenvalue weighted by molar-refractivity contribution is 0.278. The fourth-order valence-electron chi connectivity index (χ4n) is 4.31. The minimum absolute atomic E-state index is 0.465. The number of fused-ring (bicyclic) bond motifs is 1. The molecule has 1 saturated heterocycles. The Hall–Kier alpha value is -0.860. The van der Waals surface area contributed by atoms with Gasteiger partial charge in [-0.05, 0) is 51.1 Å². The Morgan fingerprint density at radius 2 is 1.70 bits per heavy atom. The van der Waals surface area contributed by atoms with Crippen LogP contribution in [0.2, 0.25) is 0 Å². The third-order valence-electron chi connectivity index (χ3n) is 5.24. The molecular formula is C18H28N2. The maximum atomic E-state index is 3.52. The summed E-state index contributed by atoms with van der Waals surface area (Å²) < 4.78 is 0. The van der Waals surface area contributed by atoms with Gasteiger partial charge in [0.1, 0.15) is 0 Å². The predicted octanol–water partition coefficient (Wildman–Crippen LogP) is 3.30. The van der Waals surface area contributed by atoms with E-state index in [9.17, 15) is 0 Å². The zero-order chi connectivity index (χ0) is 14.1. The lowest BCUT2D eigenvalue weighted by Crippen LogP contribution is -2.33. The van der Waals surface area contributed by atoms with Crippen molar-refractivity contribution in [2.75, 3.05) is 26.7 Å². The van der Waals surface area contributed by atoms with E-state index in [1.165, 1.54) is 49.0 Å². The summed E-state index contributed by atoms with van der Waals surface area (Å²) in [5.41, 5.74) is 4.19. The van der Waals surface area contributed by atoms with Crippen LogP contribution in [-0.4, -0.2) is 31.6 Å². The van der Waals surface area contributed by atoms with E-state index in [1.54, 1.807) is 0 Å². The van der Waals surface area contributed by atoms with Crippen molar-refractivity contribution in [3.8, 4) is 0 Å². The van der Waals surface area contributed by atoms with E-state index in [0.29, 0.717) is 6.04 Å². The van der Waals surface area contributed by atoms with Crippen LogP contribution in [0, 0.1) is 25.7 Å². The Bertz CT molecular complexity index is 436. The summed E-state index contributed by atoms with van der Waals surface area (Å²) in [5, 5.41) is 3.52. The standard InChI is InChI=1S/C18H28N2/c1-13-7-14(2)9-17(8-13)18(19-3)12-20-10-15-5-4-6-16(15)11-20/h7-9,15-16,18-19H,4-6,10-12H2,1-3H3. The zero-order valence-corrected chi connectivity index (χ0v) is 13.2. The van der Waals surface area contributed by atoms with Crippen LogP contribution in [0.4, 0.5) is 0 Å². The van der Waals surface area contributed by atoms with Crippen LogP contribution in [0.5, 0.6) is 0 Å². The summed E-state index contributed by atoms with van der Waals surface area (Å²) in [6, 6.07) is 7.40. The molecule has 0 aromatic heterocycles. The van der Waals surface area contributed by atoms with E-state index in [4.69, 9.17) is 0 Å². The highest BCUT2D eigenvalue weighted by atomic mass is 15.2. The molecule has 1 aliphatic carbocycles. The molecule has 1 saturated carbocycles. The molecule has 0 bridgehead atoms. The number of likely N-dealkylation sites (tertiary alicyclic amines) is 1. The number of benzene rings is 1. The molecule has 1 aliphatic heterocycles. The van der Waals surface area contributed by atoms with Crippen LogP contribution < -0.4 is 5.32 Å². The monoisotopic (exact) mass is 272 g/mol. The zero-order valence-electron chi connectivity index (χ0n) is 13.2. The summed E-state index contributed by atoms with van der Waals surface area (Å²) in [6.07, 6.45) is 4.40. The molecule has 1 N–H and O–H groups in total. The van der Waals surface area contributed by atoms with Gasteiger partial charge in [-0.15, -0.1) is 0 Å². The second-order valence-electron chi connectivity index (χ2n) is 6.93. The van der Waals surface area contributed by atoms with Crippen molar-refractivity contribution >= 4 is 0 Å². The molecule has 3 rings (SSSR count). The van der Waals surface area contributed by atoms with E-state index in [0.717, 1.165) is 18.4 Å². The van der Waals surface area contributed by atoms with Crippen LogP contribution in [-0.2, 0) is 0 Å². The van der Waals surface area contributed by atoms with Crippen LogP contribution >= 0.6 is 0 Å². The molecule has 0 radical (unpaired) electrons. The van der Waals surface area contributed by atoms with E-state index >= 15 is 0 Å². The molecule has 3 atom stereocenters. The third-order valence-corrected chi connectivity index (χ3v) is 5.24. The Morgan fingerprint density at radius 1 is 1.10 bits per heavy atom. The molecule has 2 aliphatic rings. The van der Waals surface area contributed by atoms with E-state index in [2.05, 4.69) is 49.3 Å². The van der Waals surface area contributed by atoms with Gasteiger partial charge in [-0.3, -0.25) is 0 Å². The number of nitrogens with zero attached hydrogens (tertiary/aromatic N) is 1. The first-order valence-corrected chi connectivity index (χ1v) is 8.13. The van der Waals surface area contributed by atoms with Crippen molar-refractivity contribution in [3.05, 3.63) is 34.9 Å². The highest BCUT2D eigenvalue weighted by Crippen LogP contribution is 2.38. The maximum Gasteiger partial charge on any atom is 0.0447 e. The number of hydrogen-bond acceptors (Lipinski definition) is 2. The van der Waals surface area contributed by atoms with Crippen molar-refractivity contribution in [2.24, 2.45) is 11.8 Å². The summed E-state index contributed by atoms with van der Waals surface area (Å²) in [4.78, 5) is 2.69. The quantitative estimate of drug-likeness (QED) is 0.905. The second-order valence-corrected chi connectivity index (χ2v) is 6.93. The largest absolute Gasteiger partial charge is 0.312 e. The summed E-state index contributed by atoms with van der Waals surface area (Å²) in [7, 11) is 2.10. The Labute approximate surface area is 123 Å². The fourth-order valence-corrected chi connectivity index (χ4v) is 4.31. The van der Waals surface area contributed by atoms with Gasteiger partial charge in [-0.25, -0.2) is 0 Å². The van der Waals surface area contributed by atoms with Gasteiger partial charge in [0.05, 0.1) is 0 Å². The average molecular weight is 272 g/mol. The van der Waals surface area contributed by atoms with Gasteiger partial charge in [-0.1, -0.05) is 35.7 Å². The van der Waals surface area contributed by atoms with Crippen molar-refractivity contribution in [1.82, 2.24) is 10.2 Å². The van der Waals surface area contributed by atoms with Gasteiger partial charge in [0.2, 0.25) is 0 Å². The fraction of sp³-hybridized carbons (Fsp3) is 0.667. The van der Waals surface area contributed by atoms with Crippen LogP contribution in [0.3, 0.4) is 0 Å². The van der Waals surface area contributed by atoms with Crippen molar-refractivity contribution in [2.45, 2.75) is 39.2 Å². The topological polar surface area (TPSA) is 15.3 Å². The molecule has 0 amide bonds. The summed E-state index contributed by atoms with van der Waals surface area (Å²) in [6.45, 7) is 8.21. The maximum absolute atomic E-state index is 3.52. The molecule has 20 heavy (non-hydrogen) atoms. The lowest BCUT2D eigenvalue weighted by Gasteiger charge is -2.25. The Morgan fingerprint density at radius 3 is 2.25 bits per heavy atom. The minimum atomic E-state index is 0.465. The van der Waals surface area contributed by atoms with E-state index in [1.807, 2.05) is 0 Å². The molecule has 1 heterocycles. The summed E-state index contributed by atoms with van der Waals surface area (Å²) >= 11 is 0. The number of aryl methyl sites for hydroxylation is 2. The van der Waals surface area contributed by atoms with Crippen molar-refractivity contribution in [3.63, 3.8) is 0 Å². The normalized spacial score (nSPS) is 27.8. The van der Waals surface area contributed by atoms with Crippen molar-refractivity contribution in [1.29, 1.82) is 0 Å². The highest BCUT2D eigenvalue weighted by molar-refractivity contribution is 5.31. The molecule has 1 aromatic rings. The van der Waals surface area contributed by atoms with Gasteiger partial charge in [0, 0.05) is 25.7 Å². The van der Waals surface area contributed by atoms with Crippen LogP contribution in [0.1, 0.15) is 42.0 Å². The van der Waals surface area contributed by atoms with Crippen LogP contribution in [0.15, 0.2) is 18.2 Å². The van der Waals surface area contributed by atoms with Gasteiger partial charge in [0.15, 0.2) is 0 Å². The first-order valence-electron chi connectivity index (χ1n) is 8.13. The van der Waals surface area contributed by atoms with Gasteiger partial charge < -0.3 is 10.2 Å². The first kappa shape index (κ1) is 14.1. The molecule has 110 valence electrons. The predicted molar refractivity (Wildman–Crippen MR) is 85.0 cm³/mol. The average Bonchev–Trinajstić information content (AvgIpc) is 2.95. The Kier molecular flexibility index (Phi) is 4.13. The Balaban J connectivity index is 1.68. The molecular weight excluding hydrogens is 244 g/mol. The molecule has 0 spiro atoms.